The highest BCUT2D eigenvalue weighted by atomic mass is 14.0. The van der Waals surface area contributed by atoms with Crippen LogP contribution in [-0.4, -0.2) is 0 Å². The smallest absolute Gasteiger partial charge is 0.0239 e. The molecule has 0 heterocycles. The minimum absolute atomic E-state index is 0.498. The van der Waals surface area contributed by atoms with Crippen molar-refractivity contribution in [1.82, 2.24) is 0 Å². The number of hydrogen-bond donors (Lipinski definition) is 0. The van der Waals surface area contributed by atoms with Crippen LogP contribution in [0.4, 0.5) is 0 Å². The molecule has 0 aliphatic heterocycles. The molecule has 0 saturated heterocycles. The SMILES string of the molecule is [CH2]C(C)C(C)C=C. The van der Waals surface area contributed by atoms with Crippen molar-refractivity contribution in [2.75, 3.05) is 0 Å². The number of allylic oxidation sites excluding steroid dienone is 1. The van der Waals surface area contributed by atoms with Crippen LogP contribution in [0.1, 0.15) is 13.8 Å². The first-order valence-corrected chi connectivity index (χ1v) is 2.64. The van der Waals surface area contributed by atoms with E-state index in [2.05, 4.69) is 27.4 Å². The molecule has 0 fully saturated rings. The Kier molecular flexibility index (Phi) is 2.73. The zero-order valence-corrected chi connectivity index (χ0v) is 5.15. The molecule has 0 aliphatic carbocycles. The fraction of sp³-hybridized carbons (Fsp3) is 0.571. The van der Waals surface area contributed by atoms with E-state index >= 15 is 0 Å². The van der Waals surface area contributed by atoms with Gasteiger partial charge in [-0.1, -0.05) is 19.9 Å². The Balaban J connectivity index is 3.33. The van der Waals surface area contributed by atoms with Gasteiger partial charge in [0.15, 0.2) is 0 Å². The summed E-state index contributed by atoms with van der Waals surface area (Å²) in [5.74, 6) is 1.05. The van der Waals surface area contributed by atoms with Crippen LogP contribution in [0.15, 0.2) is 12.7 Å². The zero-order chi connectivity index (χ0) is 5.86. The Morgan fingerprint density at radius 3 is 1.86 bits per heavy atom. The molecule has 0 nitrogen and oxygen atoms in total. The first-order chi connectivity index (χ1) is 3.18. The lowest BCUT2D eigenvalue weighted by atomic mass is 9.99. The van der Waals surface area contributed by atoms with Gasteiger partial charge in [-0.05, 0) is 18.8 Å². The van der Waals surface area contributed by atoms with Gasteiger partial charge in [0.25, 0.3) is 0 Å². The van der Waals surface area contributed by atoms with Gasteiger partial charge < -0.3 is 0 Å². The Hall–Kier alpha value is -0.260. The average molecular weight is 97.2 g/mol. The van der Waals surface area contributed by atoms with E-state index in [1.165, 1.54) is 0 Å². The largest absolute Gasteiger partial charge is 0.103 e. The fourth-order valence-corrected chi connectivity index (χ4v) is 0.232. The quantitative estimate of drug-likeness (QED) is 0.464. The van der Waals surface area contributed by atoms with Crippen LogP contribution in [-0.2, 0) is 0 Å². The molecule has 0 N–H and O–H groups in total. The minimum atomic E-state index is 0.498. The normalized spacial score (nSPS) is 14.3. The highest BCUT2D eigenvalue weighted by molar-refractivity contribution is 4.79. The monoisotopic (exact) mass is 97.1 g/mol. The van der Waals surface area contributed by atoms with Gasteiger partial charge in [-0.3, -0.25) is 0 Å². The molecule has 0 spiro atoms. The standard InChI is InChI=1S/C7H13/c1-5-7(4)6(2)3/h5-7H,1-2H2,3-4H3. The summed E-state index contributed by atoms with van der Waals surface area (Å²) in [6.45, 7) is 11.7. The molecule has 2 unspecified atom stereocenters. The maximum absolute atomic E-state index is 3.84. The number of rotatable bonds is 2. The molecular formula is C7H13. The first-order valence-electron chi connectivity index (χ1n) is 2.64. The molecular weight excluding hydrogens is 84.1 g/mol. The Labute approximate surface area is 46.2 Å². The molecule has 0 aliphatic rings. The summed E-state index contributed by atoms with van der Waals surface area (Å²) in [5, 5.41) is 0. The van der Waals surface area contributed by atoms with E-state index in [0.717, 1.165) is 0 Å². The second kappa shape index (κ2) is 2.84. The van der Waals surface area contributed by atoms with Crippen LogP contribution in [0.2, 0.25) is 0 Å². The molecule has 0 aromatic carbocycles. The van der Waals surface area contributed by atoms with E-state index in [1.54, 1.807) is 0 Å². The van der Waals surface area contributed by atoms with E-state index in [0.29, 0.717) is 11.8 Å². The lowest BCUT2D eigenvalue weighted by molar-refractivity contribution is 0.556. The topological polar surface area (TPSA) is 0 Å². The molecule has 7 heavy (non-hydrogen) atoms. The van der Waals surface area contributed by atoms with Crippen molar-refractivity contribution in [3.63, 3.8) is 0 Å². The third-order valence-corrected chi connectivity index (χ3v) is 1.27. The molecule has 1 radical (unpaired) electrons. The summed E-state index contributed by atoms with van der Waals surface area (Å²) in [6, 6.07) is 0. The second-order valence-corrected chi connectivity index (χ2v) is 2.07. The number of hydrogen-bond acceptors (Lipinski definition) is 0. The maximum atomic E-state index is 3.84. The maximum Gasteiger partial charge on any atom is -0.0239 e. The van der Waals surface area contributed by atoms with Gasteiger partial charge in [0, 0.05) is 0 Å². The van der Waals surface area contributed by atoms with Crippen molar-refractivity contribution in [2.24, 2.45) is 11.8 Å². The van der Waals surface area contributed by atoms with Gasteiger partial charge in [-0.15, -0.1) is 6.58 Å². The van der Waals surface area contributed by atoms with E-state index in [-0.39, 0.29) is 0 Å². The average Bonchev–Trinajstić information content (AvgIpc) is 1.65. The summed E-state index contributed by atoms with van der Waals surface area (Å²) in [7, 11) is 0. The summed E-state index contributed by atoms with van der Waals surface area (Å²) in [6.07, 6.45) is 1.93. The molecule has 2 atom stereocenters. The van der Waals surface area contributed by atoms with Gasteiger partial charge in [-0.2, -0.15) is 0 Å². The van der Waals surface area contributed by atoms with Crippen LogP contribution < -0.4 is 0 Å². The van der Waals surface area contributed by atoms with E-state index in [1.807, 2.05) is 6.08 Å². The lowest BCUT2D eigenvalue weighted by Gasteiger charge is -2.07. The van der Waals surface area contributed by atoms with Crippen molar-refractivity contribution in [3.8, 4) is 0 Å². The summed E-state index contributed by atoms with van der Waals surface area (Å²) in [4.78, 5) is 0. The third kappa shape index (κ3) is 2.44. The van der Waals surface area contributed by atoms with Crippen LogP contribution in [0.25, 0.3) is 0 Å². The highest BCUT2D eigenvalue weighted by Gasteiger charge is 1.98. The third-order valence-electron chi connectivity index (χ3n) is 1.27. The lowest BCUT2D eigenvalue weighted by Crippen LogP contribution is -1.98. The molecule has 0 rings (SSSR count). The van der Waals surface area contributed by atoms with Crippen LogP contribution in [0.3, 0.4) is 0 Å². The Morgan fingerprint density at radius 1 is 1.43 bits per heavy atom. The summed E-state index contributed by atoms with van der Waals surface area (Å²) >= 11 is 0. The van der Waals surface area contributed by atoms with Crippen LogP contribution in [0.5, 0.6) is 0 Å². The predicted octanol–water partition coefficient (Wildman–Crippen LogP) is 2.28. The Morgan fingerprint density at radius 2 is 1.86 bits per heavy atom. The van der Waals surface area contributed by atoms with Crippen molar-refractivity contribution in [1.29, 1.82) is 0 Å². The van der Waals surface area contributed by atoms with Crippen molar-refractivity contribution < 1.29 is 0 Å². The van der Waals surface area contributed by atoms with Crippen LogP contribution in [0, 0.1) is 18.8 Å². The van der Waals surface area contributed by atoms with Crippen molar-refractivity contribution >= 4 is 0 Å². The van der Waals surface area contributed by atoms with E-state index < -0.39 is 0 Å². The van der Waals surface area contributed by atoms with Crippen molar-refractivity contribution in [3.05, 3.63) is 19.6 Å². The molecule has 0 heteroatoms. The van der Waals surface area contributed by atoms with Crippen LogP contribution >= 0.6 is 0 Å². The molecule has 0 aromatic heterocycles. The van der Waals surface area contributed by atoms with Gasteiger partial charge in [-0.25, -0.2) is 0 Å². The molecule has 0 amide bonds. The fourth-order valence-electron chi connectivity index (χ4n) is 0.232. The first kappa shape index (κ1) is 6.74. The molecule has 41 valence electrons. The summed E-state index contributed by atoms with van der Waals surface area (Å²) < 4.78 is 0. The van der Waals surface area contributed by atoms with Gasteiger partial charge in [0.2, 0.25) is 0 Å². The van der Waals surface area contributed by atoms with Gasteiger partial charge in [0.05, 0.1) is 0 Å². The molecule has 0 bridgehead atoms. The van der Waals surface area contributed by atoms with Crippen molar-refractivity contribution in [2.45, 2.75) is 13.8 Å². The summed E-state index contributed by atoms with van der Waals surface area (Å²) in [5.41, 5.74) is 0. The van der Waals surface area contributed by atoms with E-state index in [4.69, 9.17) is 0 Å². The van der Waals surface area contributed by atoms with E-state index in [9.17, 15) is 0 Å². The molecule has 0 aromatic rings. The van der Waals surface area contributed by atoms with Gasteiger partial charge >= 0.3 is 0 Å². The zero-order valence-electron chi connectivity index (χ0n) is 5.15. The van der Waals surface area contributed by atoms with Gasteiger partial charge in [0.1, 0.15) is 0 Å². The highest BCUT2D eigenvalue weighted by Crippen LogP contribution is 2.08. The minimum Gasteiger partial charge on any atom is -0.103 e. The second-order valence-electron chi connectivity index (χ2n) is 2.07. The Bertz CT molecular complexity index is 53.1. The predicted molar refractivity (Wildman–Crippen MR) is 33.9 cm³/mol. The molecule has 0 saturated carbocycles.